The monoisotopic (exact) mass is 457 g/mol. The SMILES string of the molecule is CC(c1cncn1Cc1ccc(C#N)cc1)N1CCC(Cc2cccc(CN)c2)(C(=O)O)CC1. The number of hydrogen-bond donors (Lipinski definition) is 2. The van der Waals surface area contributed by atoms with Gasteiger partial charge in [-0.15, -0.1) is 0 Å². The van der Waals surface area contributed by atoms with Gasteiger partial charge in [0.05, 0.1) is 29.1 Å². The Bertz CT molecular complexity index is 1170. The van der Waals surface area contributed by atoms with Crippen molar-refractivity contribution in [1.29, 1.82) is 5.26 Å². The summed E-state index contributed by atoms with van der Waals surface area (Å²) < 4.78 is 2.13. The fourth-order valence-corrected chi connectivity index (χ4v) is 4.94. The zero-order valence-electron chi connectivity index (χ0n) is 19.5. The average Bonchev–Trinajstić information content (AvgIpc) is 3.32. The molecule has 7 nitrogen and oxygen atoms in total. The van der Waals surface area contributed by atoms with Crippen LogP contribution in [0.25, 0.3) is 0 Å². The van der Waals surface area contributed by atoms with E-state index in [4.69, 9.17) is 11.0 Å². The van der Waals surface area contributed by atoms with Crippen LogP contribution in [-0.2, 0) is 24.3 Å². The molecule has 1 atom stereocenters. The van der Waals surface area contributed by atoms with Gasteiger partial charge < -0.3 is 15.4 Å². The Morgan fingerprint density at radius 3 is 2.53 bits per heavy atom. The Kier molecular flexibility index (Phi) is 7.11. The van der Waals surface area contributed by atoms with Crippen LogP contribution < -0.4 is 5.73 Å². The highest BCUT2D eigenvalue weighted by atomic mass is 16.4. The van der Waals surface area contributed by atoms with Crippen molar-refractivity contribution < 1.29 is 9.90 Å². The van der Waals surface area contributed by atoms with Gasteiger partial charge in [0, 0.05) is 25.3 Å². The van der Waals surface area contributed by atoms with Crippen molar-refractivity contribution >= 4 is 5.97 Å². The van der Waals surface area contributed by atoms with E-state index < -0.39 is 11.4 Å². The van der Waals surface area contributed by atoms with Crippen LogP contribution in [0.15, 0.2) is 61.1 Å². The van der Waals surface area contributed by atoms with Crippen LogP contribution in [0.4, 0.5) is 0 Å². The molecule has 0 bridgehead atoms. The first-order valence-corrected chi connectivity index (χ1v) is 11.7. The number of rotatable bonds is 8. The lowest BCUT2D eigenvalue weighted by atomic mass is 9.73. The average molecular weight is 458 g/mol. The Balaban J connectivity index is 1.44. The van der Waals surface area contributed by atoms with Crippen LogP contribution >= 0.6 is 0 Å². The molecular weight excluding hydrogens is 426 g/mol. The molecule has 1 unspecified atom stereocenters. The number of carboxylic acid groups (broad SMARTS) is 1. The number of aromatic nitrogens is 2. The summed E-state index contributed by atoms with van der Waals surface area (Å²) in [4.78, 5) is 19.1. The molecule has 0 saturated carbocycles. The van der Waals surface area contributed by atoms with Crippen molar-refractivity contribution in [3.8, 4) is 6.07 Å². The zero-order valence-corrected chi connectivity index (χ0v) is 19.5. The van der Waals surface area contributed by atoms with Crippen LogP contribution in [-0.4, -0.2) is 38.6 Å². The number of nitrogens with two attached hydrogens (primary N) is 1. The predicted molar refractivity (Wildman–Crippen MR) is 130 cm³/mol. The first-order chi connectivity index (χ1) is 16.4. The van der Waals surface area contributed by atoms with Gasteiger partial charge in [0.1, 0.15) is 0 Å². The minimum absolute atomic E-state index is 0.119. The predicted octanol–water partition coefficient (Wildman–Crippen LogP) is 3.73. The van der Waals surface area contributed by atoms with Crippen LogP contribution in [0.5, 0.6) is 0 Å². The van der Waals surface area contributed by atoms with Gasteiger partial charge >= 0.3 is 5.97 Å². The lowest BCUT2D eigenvalue weighted by molar-refractivity contribution is -0.152. The fraction of sp³-hybridized carbons (Fsp3) is 0.370. The number of piperidine rings is 1. The molecule has 1 aliphatic heterocycles. The molecule has 1 saturated heterocycles. The number of carboxylic acids is 1. The highest BCUT2D eigenvalue weighted by molar-refractivity contribution is 5.75. The standard InChI is InChI=1S/C27H31N5O2/c1-20(25-17-30-19-32(25)18-22-7-5-21(15-28)6-8-22)31-11-9-27(10-12-31,26(33)34)14-23-3-2-4-24(13-23)16-29/h2-8,13,17,19-20H,9-12,14,16,18,29H2,1H3,(H,33,34). The van der Waals surface area contributed by atoms with Crippen LogP contribution in [0.2, 0.25) is 0 Å². The summed E-state index contributed by atoms with van der Waals surface area (Å²) in [7, 11) is 0. The molecule has 1 aromatic heterocycles. The van der Waals surface area contributed by atoms with Gasteiger partial charge in [0.25, 0.3) is 0 Å². The van der Waals surface area contributed by atoms with Gasteiger partial charge in [-0.25, -0.2) is 4.98 Å². The Morgan fingerprint density at radius 1 is 1.18 bits per heavy atom. The van der Waals surface area contributed by atoms with E-state index in [1.54, 1.807) is 0 Å². The molecule has 0 aliphatic carbocycles. The summed E-state index contributed by atoms with van der Waals surface area (Å²) >= 11 is 0. The molecule has 7 heteroatoms. The van der Waals surface area contributed by atoms with Gasteiger partial charge in [0.15, 0.2) is 0 Å². The maximum absolute atomic E-state index is 12.4. The Hall–Kier alpha value is -3.47. The van der Waals surface area contributed by atoms with Crippen LogP contribution in [0.3, 0.4) is 0 Å². The van der Waals surface area contributed by atoms with E-state index in [-0.39, 0.29) is 6.04 Å². The van der Waals surface area contributed by atoms with E-state index in [9.17, 15) is 9.90 Å². The number of imidazole rings is 1. The topological polar surface area (TPSA) is 108 Å². The number of carbonyl (C=O) groups is 1. The number of hydrogen-bond acceptors (Lipinski definition) is 5. The number of likely N-dealkylation sites (tertiary alicyclic amines) is 1. The minimum atomic E-state index is -0.758. The Labute approximate surface area is 200 Å². The number of benzene rings is 2. The van der Waals surface area contributed by atoms with E-state index in [1.807, 2.05) is 61.1 Å². The highest BCUT2D eigenvalue weighted by Gasteiger charge is 2.42. The summed E-state index contributed by atoms with van der Waals surface area (Å²) in [6.07, 6.45) is 5.45. The number of nitriles is 1. The summed E-state index contributed by atoms with van der Waals surface area (Å²) in [5.74, 6) is -0.719. The molecule has 1 fully saturated rings. The molecule has 4 rings (SSSR count). The second kappa shape index (κ2) is 10.2. The quantitative estimate of drug-likeness (QED) is 0.534. The van der Waals surface area contributed by atoms with Crippen molar-refractivity contribution in [2.45, 2.75) is 45.3 Å². The molecule has 176 valence electrons. The van der Waals surface area contributed by atoms with Gasteiger partial charge in [-0.05, 0) is 68.1 Å². The van der Waals surface area contributed by atoms with E-state index >= 15 is 0 Å². The van der Waals surface area contributed by atoms with Crippen molar-refractivity contribution in [2.75, 3.05) is 13.1 Å². The van der Waals surface area contributed by atoms with Gasteiger partial charge in [-0.2, -0.15) is 5.26 Å². The van der Waals surface area contributed by atoms with Crippen molar-refractivity contribution in [3.05, 3.63) is 89.0 Å². The van der Waals surface area contributed by atoms with Crippen LogP contribution in [0, 0.1) is 16.7 Å². The third-order valence-electron chi connectivity index (χ3n) is 7.13. The maximum atomic E-state index is 12.4. The summed E-state index contributed by atoms with van der Waals surface area (Å²) in [5, 5.41) is 19.2. The first kappa shape index (κ1) is 23.7. The largest absolute Gasteiger partial charge is 0.481 e. The van der Waals surface area contributed by atoms with Crippen molar-refractivity contribution in [3.63, 3.8) is 0 Å². The fourth-order valence-electron chi connectivity index (χ4n) is 4.94. The molecule has 34 heavy (non-hydrogen) atoms. The molecule has 1 aliphatic rings. The summed E-state index contributed by atoms with van der Waals surface area (Å²) in [6, 6.07) is 17.8. The zero-order chi connectivity index (χ0) is 24.1. The van der Waals surface area contributed by atoms with E-state index in [1.165, 1.54) is 0 Å². The van der Waals surface area contributed by atoms with E-state index in [2.05, 4.69) is 27.4 Å². The lowest BCUT2D eigenvalue weighted by Crippen LogP contribution is -2.46. The molecule has 3 N–H and O–H groups in total. The molecule has 2 heterocycles. The van der Waals surface area contributed by atoms with Crippen LogP contribution in [0.1, 0.15) is 53.8 Å². The minimum Gasteiger partial charge on any atom is -0.481 e. The van der Waals surface area contributed by atoms with Crippen molar-refractivity contribution in [1.82, 2.24) is 14.5 Å². The number of aliphatic carboxylic acids is 1. The third-order valence-corrected chi connectivity index (χ3v) is 7.13. The second-order valence-electron chi connectivity index (χ2n) is 9.25. The number of nitrogens with zero attached hydrogens (tertiary/aromatic N) is 4. The molecule has 0 spiro atoms. The smallest absolute Gasteiger partial charge is 0.310 e. The third kappa shape index (κ3) is 5.04. The summed E-state index contributed by atoms with van der Waals surface area (Å²) in [5.41, 5.74) is 9.93. The molecular formula is C27H31N5O2. The normalized spacial score (nSPS) is 16.6. The molecule has 0 radical (unpaired) electrons. The maximum Gasteiger partial charge on any atom is 0.310 e. The van der Waals surface area contributed by atoms with E-state index in [0.717, 1.165) is 22.4 Å². The summed E-state index contributed by atoms with van der Waals surface area (Å²) in [6.45, 7) is 4.72. The van der Waals surface area contributed by atoms with Crippen molar-refractivity contribution in [2.24, 2.45) is 11.1 Å². The second-order valence-corrected chi connectivity index (χ2v) is 9.25. The lowest BCUT2D eigenvalue weighted by Gasteiger charge is -2.41. The van der Waals surface area contributed by atoms with Gasteiger partial charge in [-0.3, -0.25) is 9.69 Å². The van der Waals surface area contributed by atoms with E-state index in [0.29, 0.717) is 51.0 Å². The highest BCUT2D eigenvalue weighted by Crippen LogP contribution is 2.38. The Morgan fingerprint density at radius 2 is 1.88 bits per heavy atom. The van der Waals surface area contributed by atoms with Gasteiger partial charge in [0.2, 0.25) is 0 Å². The van der Waals surface area contributed by atoms with Gasteiger partial charge in [-0.1, -0.05) is 36.4 Å². The molecule has 2 aromatic carbocycles. The molecule has 3 aromatic rings. The first-order valence-electron chi connectivity index (χ1n) is 11.7. The molecule has 0 amide bonds.